The molecule has 0 bridgehead atoms. The van der Waals surface area contributed by atoms with E-state index in [0.29, 0.717) is 11.8 Å². The van der Waals surface area contributed by atoms with E-state index in [4.69, 9.17) is 0 Å². The van der Waals surface area contributed by atoms with Gasteiger partial charge < -0.3 is 4.79 Å². The molecule has 3 aromatic rings. The summed E-state index contributed by atoms with van der Waals surface area (Å²) in [4.78, 5) is 14.2. The summed E-state index contributed by atoms with van der Waals surface area (Å²) in [5.74, 6) is 1.67. The van der Waals surface area contributed by atoms with Crippen LogP contribution in [0.3, 0.4) is 0 Å². The zero-order chi connectivity index (χ0) is 20.8. The van der Waals surface area contributed by atoms with Crippen molar-refractivity contribution in [3.05, 3.63) is 91.0 Å². The summed E-state index contributed by atoms with van der Waals surface area (Å²) in [6.45, 7) is 2.36. The fourth-order valence-corrected chi connectivity index (χ4v) is 9.97. The second-order valence-corrected chi connectivity index (χ2v) is 12.7. The first-order valence-corrected chi connectivity index (χ1v) is 13.4. The van der Waals surface area contributed by atoms with E-state index in [1.165, 1.54) is 41.2 Å². The molecule has 0 unspecified atom stereocenters. The van der Waals surface area contributed by atoms with Gasteiger partial charge in [-0.2, -0.15) is 0 Å². The molecule has 0 radical (unpaired) electrons. The molecule has 1 aliphatic rings. The van der Waals surface area contributed by atoms with Crippen molar-refractivity contribution in [2.45, 2.75) is 45.4 Å². The number of carbonyl (C=O) groups excluding carboxylic acids is 1. The number of hydrogen-bond donors (Lipinski definition) is 0. The first-order chi connectivity index (χ1) is 14.7. The molecule has 3 aromatic carbocycles. The maximum absolute atomic E-state index is 14.2. The Morgan fingerprint density at radius 1 is 0.767 bits per heavy atom. The summed E-state index contributed by atoms with van der Waals surface area (Å²) in [6.07, 6.45) is 6.92. The molecule has 1 aliphatic carbocycles. The predicted octanol–water partition coefficient (Wildman–Crippen LogP) is 4.87. The lowest BCUT2D eigenvalue weighted by Gasteiger charge is -2.32. The van der Waals surface area contributed by atoms with Crippen molar-refractivity contribution in [3.8, 4) is 0 Å². The Labute approximate surface area is 182 Å². The van der Waals surface area contributed by atoms with Gasteiger partial charge in [0.1, 0.15) is 5.41 Å². The largest absolute Gasteiger partial charge is 0.304 e. The van der Waals surface area contributed by atoms with Gasteiger partial charge >= 0.3 is 0 Å². The fourth-order valence-electron chi connectivity index (χ4n) is 5.37. The summed E-state index contributed by atoms with van der Waals surface area (Å²) < 4.78 is 0. The highest BCUT2D eigenvalue weighted by Crippen LogP contribution is 2.33. The summed E-state index contributed by atoms with van der Waals surface area (Å²) in [5, 5.41) is 4.03. The summed E-state index contributed by atoms with van der Waals surface area (Å²) in [5.41, 5.74) is 0. The molecule has 30 heavy (non-hydrogen) atoms. The normalized spacial score (nSPS) is 19.0. The quantitative estimate of drug-likeness (QED) is 0.381. The molecule has 0 saturated heterocycles. The lowest BCUT2D eigenvalue weighted by Crippen LogP contribution is -2.72. The van der Waals surface area contributed by atoms with Crippen LogP contribution in [0, 0.1) is 11.8 Å². The second-order valence-electron chi connectivity index (χ2n) is 8.95. The highest BCUT2D eigenvalue weighted by Gasteiger charge is 2.46. The molecule has 0 heterocycles. The number of carbonyl (C=O) groups is 1. The fraction of sp³-hybridized carbons (Fsp3) is 0.321. The minimum Gasteiger partial charge on any atom is -0.304 e. The Morgan fingerprint density at radius 2 is 1.23 bits per heavy atom. The molecule has 1 saturated carbocycles. The van der Waals surface area contributed by atoms with E-state index in [0.717, 1.165) is 18.3 Å². The molecule has 2 atom stereocenters. The first kappa shape index (κ1) is 20.8. The number of hydrogen-bond acceptors (Lipinski definition) is 1. The molecular formula is C28H32OSi. The molecule has 2 heteroatoms. The average molecular weight is 413 g/mol. The number of rotatable bonds is 8. The zero-order valence-corrected chi connectivity index (χ0v) is 19.0. The van der Waals surface area contributed by atoms with E-state index >= 15 is 0 Å². The maximum Gasteiger partial charge on any atom is 0.224 e. The van der Waals surface area contributed by atoms with Crippen molar-refractivity contribution in [2.24, 2.45) is 11.8 Å². The first-order valence-electron chi connectivity index (χ1n) is 11.4. The van der Waals surface area contributed by atoms with Crippen LogP contribution in [0.5, 0.6) is 0 Å². The molecular weight excluding hydrogens is 380 g/mol. The molecule has 0 amide bonds. The van der Waals surface area contributed by atoms with E-state index in [-0.39, 0.29) is 0 Å². The van der Waals surface area contributed by atoms with E-state index < -0.39 is 8.07 Å². The summed E-state index contributed by atoms with van der Waals surface area (Å²) in [6, 6.07) is 31.6. The van der Waals surface area contributed by atoms with Crippen LogP contribution in [0.15, 0.2) is 91.0 Å². The van der Waals surface area contributed by atoms with Crippen LogP contribution in [0.2, 0.25) is 0 Å². The molecule has 1 nitrogen and oxygen atoms in total. The van der Waals surface area contributed by atoms with Crippen LogP contribution < -0.4 is 15.6 Å². The predicted molar refractivity (Wildman–Crippen MR) is 129 cm³/mol. The molecule has 0 N–H and O–H groups in total. The van der Waals surface area contributed by atoms with Gasteiger partial charge in [-0.25, -0.2) is 0 Å². The van der Waals surface area contributed by atoms with Gasteiger partial charge in [-0.05, 0) is 40.2 Å². The Balaban J connectivity index is 1.72. The van der Waals surface area contributed by atoms with Gasteiger partial charge in [0.2, 0.25) is 8.07 Å². The van der Waals surface area contributed by atoms with Crippen LogP contribution in [0.1, 0.15) is 45.4 Å². The van der Waals surface area contributed by atoms with Crippen LogP contribution >= 0.6 is 0 Å². The van der Waals surface area contributed by atoms with Crippen molar-refractivity contribution in [1.82, 2.24) is 0 Å². The number of benzene rings is 3. The van der Waals surface area contributed by atoms with Gasteiger partial charge in [0, 0.05) is 6.42 Å². The second kappa shape index (κ2) is 9.57. The van der Waals surface area contributed by atoms with Gasteiger partial charge in [-0.15, -0.1) is 0 Å². The highest BCUT2D eigenvalue weighted by molar-refractivity contribution is 7.29. The third-order valence-electron chi connectivity index (χ3n) is 6.86. The van der Waals surface area contributed by atoms with Crippen molar-refractivity contribution in [1.29, 1.82) is 0 Å². The van der Waals surface area contributed by atoms with Crippen molar-refractivity contribution < 1.29 is 4.79 Å². The van der Waals surface area contributed by atoms with Crippen LogP contribution in [0.25, 0.3) is 0 Å². The molecule has 4 rings (SSSR count). The minimum absolute atomic E-state index is 0.442. The van der Waals surface area contributed by atoms with Crippen LogP contribution in [0.4, 0.5) is 0 Å². The van der Waals surface area contributed by atoms with Crippen molar-refractivity contribution in [2.75, 3.05) is 0 Å². The Morgan fingerprint density at radius 3 is 1.63 bits per heavy atom. The molecule has 0 aliphatic heterocycles. The van der Waals surface area contributed by atoms with E-state index in [1.807, 2.05) is 18.2 Å². The van der Waals surface area contributed by atoms with Gasteiger partial charge in [0.15, 0.2) is 0 Å². The summed E-state index contributed by atoms with van der Waals surface area (Å²) >= 11 is 0. The third kappa shape index (κ3) is 4.20. The molecule has 0 spiro atoms. The lowest BCUT2D eigenvalue weighted by atomic mass is 9.99. The van der Waals surface area contributed by atoms with Crippen LogP contribution in [-0.2, 0) is 4.79 Å². The molecule has 1 fully saturated rings. The minimum atomic E-state index is -2.76. The zero-order valence-electron chi connectivity index (χ0n) is 18.0. The summed E-state index contributed by atoms with van der Waals surface area (Å²) in [7, 11) is -2.76. The third-order valence-corrected chi connectivity index (χ3v) is 11.5. The Kier molecular flexibility index (Phi) is 6.64. The molecule has 154 valence electrons. The van der Waals surface area contributed by atoms with Gasteiger partial charge in [0.25, 0.3) is 0 Å². The maximum atomic E-state index is 14.2. The van der Waals surface area contributed by atoms with Crippen LogP contribution in [-0.4, -0.2) is 13.5 Å². The van der Waals surface area contributed by atoms with Gasteiger partial charge in [-0.1, -0.05) is 117 Å². The SMILES string of the molecule is C[C@H]1CC[C@H](CCCC(=O)[Si](c2ccccc2)(c2ccccc2)c2ccccc2)C1. The average Bonchev–Trinajstić information content (AvgIpc) is 3.21. The van der Waals surface area contributed by atoms with Gasteiger partial charge in [0.05, 0.1) is 0 Å². The smallest absolute Gasteiger partial charge is 0.224 e. The van der Waals surface area contributed by atoms with E-state index in [1.54, 1.807) is 0 Å². The van der Waals surface area contributed by atoms with Crippen molar-refractivity contribution >= 4 is 29.0 Å². The molecule has 0 aromatic heterocycles. The standard InChI is InChI=1S/C28H32OSi/c1-23-20-21-24(22-23)12-11-19-28(29)30(25-13-5-2-6-14-25,26-15-7-3-8-16-26)27-17-9-4-10-18-27/h2-10,13-18,23-24H,11-12,19-22H2,1H3/t23-,24-/m0/s1. The topological polar surface area (TPSA) is 17.1 Å². The van der Waals surface area contributed by atoms with Crippen molar-refractivity contribution in [3.63, 3.8) is 0 Å². The Hall–Kier alpha value is -2.45. The van der Waals surface area contributed by atoms with E-state index in [9.17, 15) is 4.79 Å². The monoisotopic (exact) mass is 412 g/mol. The lowest BCUT2D eigenvalue weighted by molar-refractivity contribution is -0.112. The van der Waals surface area contributed by atoms with E-state index in [2.05, 4.69) is 79.7 Å². The Bertz CT molecular complexity index is 839. The van der Waals surface area contributed by atoms with Gasteiger partial charge in [-0.3, -0.25) is 0 Å². The highest BCUT2D eigenvalue weighted by atomic mass is 28.3.